The summed E-state index contributed by atoms with van der Waals surface area (Å²) in [4.78, 5) is 31.8. The van der Waals surface area contributed by atoms with Gasteiger partial charge >= 0.3 is 6.03 Å². The lowest BCUT2D eigenvalue weighted by Crippen LogP contribution is -2.53. The van der Waals surface area contributed by atoms with Crippen molar-refractivity contribution in [3.63, 3.8) is 0 Å². The van der Waals surface area contributed by atoms with Gasteiger partial charge in [-0.2, -0.15) is 15.0 Å². The van der Waals surface area contributed by atoms with E-state index >= 15 is 0 Å². The molecule has 1 saturated heterocycles. The van der Waals surface area contributed by atoms with Gasteiger partial charge in [-0.3, -0.25) is 0 Å². The number of hydrogen-bond acceptors (Lipinski definition) is 9. The summed E-state index contributed by atoms with van der Waals surface area (Å²) in [6, 6.07) is 5.72. The van der Waals surface area contributed by atoms with E-state index in [1.54, 1.807) is 12.1 Å². The topological polar surface area (TPSA) is 124 Å². The van der Waals surface area contributed by atoms with Gasteiger partial charge in [-0.05, 0) is 39.8 Å². The molecule has 2 N–H and O–H groups in total. The Bertz CT molecular complexity index is 1050. The van der Waals surface area contributed by atoms with Gasteiger partial charge in [0.2, 0.25) is 17.8 Å². The molecule has 0 atom stereocenters. The van der Waals surface area contributed by atoms with Crippen molar-refractivity contribution in [2.24, 2.45) is 0 Å². The van der Waals surface area contributed by atoms with Crippen LogP contribution >= 0.6 is 0 Å². The lowest BCUT2D eigenvalue weighted by Gasteiger charge is -2.35. The summed E-state index contributed by atoms with van der Waals surface area (Å²) >= 11 is 0. The van der Waals surface area contributed by atoms with E-state index in [2.05, 4.69) is 25.0 Å². The molecule has 0 radical (unpaired) electrons. The Morgan fingerprint density at radius 3 is 2.21 bits per heavy atom. The van der Waals surface area contributed by atoms with E-state index in [0.29, 0.717) is 50.6 Å². The number of hydrogen-bond donors (Lipinski definition) is 2. The van der Waals surface area contributed by atoms with E-state index in [-0.39, 0.29) is 4.90 Å². The van der Waals surface area contributed by atoms with Crippen LogP contribution in [0, 0.1) is 6.92 Å². The minimum Gasteiger partial charge on any atom is -0.354 e. The van der Waals surface area contributed by atoms with Crippen molar-refractivity contribution in [2.75, 3.05) is 60.9 Å². The van der Waals surface area contributed by atoms with Gasteiger partial charge in [0.05, 0.1) is 4.90 Å². The first-order chi connectivity index (χ1) is 15.8. The predicted octanol–water partition coefficient (Wildman–Crippen LogP) is 1.68. The van der Waals surface area contributed by atoms with Crippen molar-refractivity contribution < 1.29 is 13.2 Å². The third-order valence-electron chi connectivity index (χ3n) is 5.40. The molecule has 1 aliphatic rings. The molecule has 1 aliphatic heterocycles. The van der Waals surface area contributed by atoms with Crippen molar-refractivity contribution in [3.05, 3.63) is 29.8 Å². The fraction of sp³-hybridized carbons (Fsp3) is 0.524. The number of rotatable bonds is 8. The van der Waals surface area contributed by atoms with Crippen LogP contribution in [0.5, 0.6) is 0 Å². The molecular formula is C21H32N8O3S. The summed E-state index contributed by atoms with van der Waals surface area (Å²) in [5.41, 5.74) is 0.941. The van der Waals surface area contributed by atoms with Gasteiger partial charge in [-0.1, -0.05) is 17.7 Å². The average molecular weight is 477 g/mol. The molecular weight excluding hydrogens is 444 g/mol. The Morgan fingerprint density at radius 1 is 1.00 bits per heavy atom. The van der Waals surface area contributed by atoms with Crippen molar-refractivity contribution in [1.29, 1.82) is 0 Å². The second-order valence-electron chi connectivity index (χ2n) is 7.66. The second kappa shape index (κ2) is 10.6. The number of anilines is 3. The highest BCUT2D eigenvalue weighted by Gasteiger charge is 2.27. The highest BCUT2D eigenvalue weighted by atomic mass is 32.2. The largest absolute Gasteiger partial charge is 0.354 e. The monoisotopic (exact) mass is 476 g/mol. The van der Waals surface area contributed by atoms with E-state index < -0.39 is 16.1 Å². The standard InChI is InChI=1S/C21H32N8O3S/c1-5-22-18-23-19(27(6-2)7-3)25-20(24-18)28-12-14-29(15-13-28)21(30)26-33(31,32)17-10-8-16(4)9-11-17/h8-11H,5-7,12-15H2,1-4H3,(H,26,30)(H,22,23,24,25). The molecule has 12 heteroatoms. The molecule has 33 heavy (non-hydrogen) atoms. The fourth-order valence-corrected chi connectivity index (χ4v) is 4.42. The number of benzene rings is 1. The maximum atomic E-state index is 12.6. The van der Waals surface area contributed by atoms with Crippen LogP contribution in [0.25, 0.3) is 0 Å². The Labute approximate surface area is 195 Å². The van der Waals surface area contributed by atoms with Crippen molar-refractivity contribution in [2.45, 2.75) is 32.6 Å². The summed E-state index contributed by atoms with van der Waals surface area (Å²) < 4.78 is 27.2. The molecule has 1 fully saturated rings. The second-order valence-corrected chi connectivity index (χ2v) is 9.34. The number of nitrogens with zero attached hydrogens (tertiary/aromatic N) is 6. The van der Waals surface area contributed by atoms with E-state index in [4.69, 9.17) is 0 Å². The molecule has 2 amide bonds. The molecule has 0 bridgehead atoms. The van der Waals surface area contributed by atoms with E-state index in [1.807, 2.05) is 37.5 Å². The van der Waals surface area contributed by atoms with Crippen LogP contribution in [-0.4, -0.2) is 80.1 Å². The molecule has 180 valence electrons. The minimum absolute atomic E-state index is 0.0603. The molecule has 0 unspecified atom stereocenters. The zero-order chi connectivity index (χ0) is 24.0. The molecule has 0 spiro atoms. The molecule has 1 aromatic carbocycles. The lowest BCUT2D eigenvalue weighted by molar-refractivity contribution is 0.200. The molecule has 0 saturated carbocycles. The van der Waals surface area contributed by atoms with Gasteiger partial charge in [-0.25, -0.2) is 17.9 Å². The van der Waals surface area contributed by atoms with Crippen LogP contribution in [0.15, 0.2) is 29.2 Å². The number of piperazine rings is 1. The fourth-order valence-electron chi connectivity index (χ4n) is 3.45. The van der Waals surface area contributed by atoms with E-state index in [0.717, 1.165) is 18.7 Å². The lowest BCUT2D eigenvalue weighted by atomic mass is 10.2. The summed E-state index contributed by atoms with van der Waals surface area (Å²) in [6.07, 6.45) is 0. The molecule has 11 nitrogen and oxygen atoms in total. The quantitative estimate of drug-likeness (QED) is 0.585. The summed E-state index contributed by atoms with van der Waals surface area (Å²) in [5.74, 6) is 1.65. The zero-order valence-electron chi connectivity index (χ0n) is 19.6. The van der Waals surface area contributed by atoms with Crippen molar-refractivity contribution >= 4 is 33.9 Å². The third-order valence-corrected chi connectivity index (χ3v) is 6.73. The highest BCUT2D eigenvalue weighted by molar-refractivity contribution is 7.90. The SMILES string of the molecule is CCNc1nc(N(CC)CC)nc(N2CCN(C(=O)NS(=O)(=O)c3ccc(C)cc3)CC2)n1. The molecule has 2 heterocycles. The third kappa shape index (κ3) is 6.01. The number of sulfonamides is 1. The van der Waals surface area contributed by atoms with Gasteiger partial charge < -0.3 is 20.0 Å². The Morgan fingerprint density at radius 2 is 1.64 bits per heavy atom. The first kappa shape index (κ1) is 24.5. The van der Waals surface area contributed by atoms with Crippen LogP contribution in [0.2, 0.25) is 0 Å². The number of carbonyl (C=O) groups excluding carboxylic acids is 1. The first-order valence-corrected chi connectivity index (χ1v) is 12.6. The zero-order valence-corrected chi connectivity index (χ0v) is 20.4. The molecule has 1 aromatic heterocycles. The maximum Gasteiger partial charge on any atom is 0.331 e. The van der Waals surface area contributed by atoms with Gasteiger partial charge in [0.1, 0.15) is 0 Å². The number of urea groups is 1. The highest BCUT2D eigenvalue weighted by Crippen LogP contribution is 2.18. The summed E-state index contributed by atoms with van der Waals surface area (Å²) in [7, 11) is -3.93. The van der Waals surface area contributed by atoms with Gasteiger partial charge in [-0.15, -0.1) is 0 Å². The Kier molecular flexibility index (Phi) is 7.90. The van der Waals surface area contributed by atoms with Gasteiger partial charge in [0.25, 0.3) is 10.0 Å². The van der Waals surface area contributed by atoms with Crippen LogP contribution in [0.3, 0.4) is 0 Å². The summed E-state index contributed by atoms with van der Waals surface area (Å²) in [6.45, 7) is 11.8. The van der Waals surface area contributed by atoms with Crippen molar-refractivity contribution in [3.8, 4) is 0 Å². The Hall–Kier alpha value is -3.15. The van der Waals surface area contributed by atoms with Crippen LogP contribution in [0.1, 0.15) is 26.3 Å². The smallest absolute Gasteiger partial charge is 0.331 e. The average Bonchev–Trinajstić information content (AvgIpc) is 2.80. The number of carbonyl (C=O) groups is 1. The number of aryl methyl sites for hydroxylation is 1. The number of amides is 2. The number of aromatic nitrogens is 3. The van der Waals surface area contributed by atoms with Crippen LogP contribution in [-0.2, 0) is 10.0 Å². The first-order valence-electron chi connectivity index (χ1n) is 11.2. The van der Waals surface area contributed by atoms with Crippen LogP contribution < -0.4 is 19.8 Å². The predicted molar refractivity (Wildman–Crippen MR) is 128 cm³/mol. The number of nitrogens with one attached hydrogen (secondary N) is 2. The van der Waals surface area contributed by atoms with E-state index in [9.17, 15) is 13.2 Å². The summed E-state index contributed by atoms with van der Waals surface area (Å²) in [5, 5.41) is 3.15. The van der Waals surface area contributed by atoms with Crippen molar-refractivity contribution in [1.82, 2.24) is 24.6 Å². The van der Waals surface area contributed by atoms with Crippen LogP contribution in [0.4, 0.5) is 22.6 Å². The van der Waals surface area contributed by atoms with E-state index in [1.165, 1.54) is 17.0 Å². The van der Waals surface area contributed by atoms with Gasteiger partial charge in [0.15, 0.2) is 0 Å². The molecule has 2 aromatic rings. The minimum atomic E-state index is -3.93. The maximum absolute atomic E-state index is 12.6. The molecule has 0 aliphatic carbocycles. The Balaban J connectivity index is 1.67. The van der Waals surface area contributed by atoms with Gasteiger partial charge in [0, 0.05) is 45.8 Å². The molecule has 3 rings (SSSR count). The normalized spacial score (nSPS) is 14.2.